The zero-order chi connectivity index (χ0) is 21.7. The maximum Gasteiger partial charge on any atom is 0.294 e. The van der Waals surface area contributed by atoms with Gasteiger partial charge in [0.2, 0.25) is 17.2 Å². The summed E-state index contributed by atoms with van der Waals surface area (Å²) in [6.45, 7) is 5.94. The van der Waals surface area contributed by atoms with E-state index >= 15 is 0 Å². The fourth-order valence-electron chi connectivity index (χ4n) is 2.82. The number of aromatic nitrogens is 3. The van der Waals surface area contributed by atoms with E-state index in [0.29, 0.717) is 5.69 Å². The number of nitrogens with one attached hydrogen (secondary N) is 2. The highest BCUT2D eigenvalue weighted by Gasteiger charge is 2.11. The summed E-state index contributed by atoms with van der Waals surface area (Å²) in [5.41, 5.74) is 2.20. The summed E-state index contributed by atoms with van der Waals surface area (Å²) < 4.78 is 31.8. The van der Waals surface area contributed by atoms with Gasteiger partial charge in [-0.15, -0.1) is 0 Å². The van der Waals surface area contributed by atoms with Gasteiger partial charge in [-0.2, -0.15) is 23.4 Å². The zero-order valence-corrected chi connectivity index (χ0v) is 17.9. The zero-order valence-electron chi connectivity index (χ0n) is 16.4. The molecule has 2 aromatic carbocycles. The van der Waals surface area contributed by atoms with Gasteiger partial charge in [0, 0.05) is 30.2 Å². The molecule has 0 aliphatic carbocycles. The van der Waals surface area contributed by atoms with Crippen LogP contribution in [0.15, 0.2) is 53.4 Å². The lowest BCUT2D eigenvalue weighted by Gasteiger charge is -2.21. The van der Waals surface area contributed by atoms with E-state index in [2.05, 4.69) is 44.3 Å². The largest absolute Gasteiger partial charge is 0.372 e. The summed E-state index contributed by atoms with van der Waals surface area (Å²) in [5.74, 6) is 0.338. The van der Waals surface area contributed by atoms with Gasteiger partial charge < -0.3 is 15.5 Å². The van der Waals surface area contributed by atoms with E-state index in [1.165, 1.54) is 18.2 Å². The molecule has 0 unspecified atom stereocenters. The number of benzene rings is 2. The lowest BCUT2D eigenvalue weighted by Crippen LogP contribution is -2.21. The minimum absolute atomic E-state index is 0.0409. The molecule has 0 atom stereocenters. The van der Waals surface area contributed by atoms with Crippen LogP contribution in [0.4, 0.5) is 29.0 Å². The molecule has 3 aromatic rings. The Kier molecular flexibility index (Phi) is 6.70. The van der Waals surface area contributed by atoms with Gasteiger partial charge in [0.05, 0.1) is 4.90 Å². The van der Waals surface area contributed by atoms with E-state index in [0.717, 1.165) is 24.5 Å². The van der Waals surface area contributed by atoms with Crippen LogP contribution in [-0.4, -0.2) is 41.0 Å². The second-order valence-electron chi connectivity index (χ2n) is 6.23. The van der Waals surface area contributed by atoms with E-state index in [1.807, 2.05) is 24.3 Å². The quantitative estimate of drug-likeness (QED) is 0.437. The van der Waals surface area contributed by atoms with Gasteiger partial charge in [0.25, 0.3) is 10.1 Å². The van der Waals surface area contributed by atoms with Gasteiger partial charge in [-0.1, -0.05) is 12.1 Å². The molecule has 0 bridgehead atoms. The molecular weight excluding hydrogens is 428 g/mol. The summed E-state index contributed by atoms with van der Waals surface area (Å²) in [6, 6.07) is 13.4. The Morgan fingerprint density at radius 2 is 1.50 bits per heavy atom. The van der Waals surface area contributed by atoms with Crippen molar-refractivity contribution in [2.75, 3.05) is 28.6 Å². The van der Waals surface area contributed by atoms with Crippen LogP contribution in [-0.2, 0) is 10.1 Å². The molecule has 158 valence electrons. The Balaban J connectivity index is 1.84. The van der Waals surface area contributed by atoms with Gasteiger partial charge in [-0.05, 0) is 61.8 Å². The predicted octanol–water partition coefficient (Wildman–Crippen LogP) is 4.11. The molecule has 1 heterocycles. The van der Waals surface area contributed by atoms with Crippen LogP contribution in [0.25, 0.3) is 0 Å². The highest BCUT2D eigenvalue weighted by molar-refractivity contribution is 7.85. The Hall–Kier alpha value is -2.95. The van der Waals surface area contributed by atoms with Crippen molar-refractivity contribution in [1.29, 1.82) is 0 Å². The summed E-state index contributed by atoms with van der Waals surface area (Å²) in [6.07, 6.45) is 0. The molecule has 0 amide bonds. The lowest BCUT2D eigenvalue weighted by atomic mass is 10.2. The maximum absolute atomic E-state index is 11.3. The second-order valence-corrected chi connectivity index (χ2v) is 7.99. The van der Waals surface area contributed by atoms with Crippen molar-refractivity contribution >= 4 is 50.7 Å². The minimum atomic E-state index is -4.33. The van der Waals surface area contributed by atoms with Crippen molar-refractivity contribution in [3.63, 3.8) is 0 Å². The first-order chi connectivity index (χ1) is 14.3. The number of anilines is 5. The smallest absolute Gasteiger partial charge is 0.294 e. The third-order valence-electron chi connectivity index (χ3n) is 4.23. The summed E-state index contributed by atoms with van der Waals surface area (Å²) in [7, 11) is -4.33. The second kappa shape index (κ2) is 9.24. The first-order valence-electron chi connectivity index (χ1n) is 9.16. The summed E-state index contributed by atoms with van der Waals surface area (Å²) in [5, 5.41) is 5.92. The van der Waals surface area contributed by atoms with Crippen LogP contribution >= 0.6 is 11.6 Å². The van der Waals surface area contributed by atoms with Crippen molar-refractivity contribution in [2.45, 2.75) is 18.7 Å². The molecule has 0 fully saturated rings. The standard InChI is InChI=1S/C19H21ClN6O3S/c1-3-26(4-2)15-9-5-7-13(11-15)21-18-23-17(20)24-19(25-18)22-14-8-6-10-16(12-14)30(27,28)29/h5-12H,3-4H2,1-2H3,(H,27,28,29)(H2,21,22,23,24,25). The molecule has 0 radical (unpaired) electrons. The predicted molar refractivity (Wildman–Crippen MR) is 118 cm³/mol. The fraction of sp³-hybridized carbons (Fsp3) is 0.211. The molecule has 0 spiro atoms. The van der Waals surface area contributed by atoms with Gasteiger partial charge >= 0.3 is 0 Å². The number of rotatable bonds is 8. The first kappa shape index (κ1) is 21.8. The Labute approximate surface area is 179 Å². The van der Waals surface area contributed by atoms with Crippen LogP contribution in [0.3, 0.4) is 0 Å². The van der Waals surface area contributed by atoms with Crippen molar-refractivity contribution < 1.29 is 13.0 Å². The maximum atomic E-state index is 11.3. The molecule has 0 aliphatic heterocycles. The van der Waals surface area contributed by atoms with Crippen LogP contribution in [0.5, 0.6) is 0 Å². The van der Waals surface area contributed by atoms with E-state index in [4.69, 9.17) is 11.6 Å². The van der Waals surface area contributed by atoms with Gasteiger partial charge in [-0.25, -0.2) is 0 Å². The average molecular weight is 449 g/mol. The third-order valence-corrected chi connectivity index (χ3v) is 5.25. The van der Waals surface area contributed by atoms with E-state index in [1.54, 1.807) is 6.07 Å². The fourth-order valence-corrected chi connectivity index (χ4v) is 3.51. The topological polar surface area (TPSA) is 120 Å². The summed E-state index contributed by atoms with van der Waals surface area (Å²) in [4.78, 5) is 14.3. The van der Waals surface area contributed by atoms with E-state index in [9.17, 15) is 13.0 Å². The molecule has 3 rings (SSSR count). The molecule has 30 heavy (non-hydrogen) atoms. The molecular formula is C19H21ClN6O3S. The van der Waals surface area contributed by atoms with Crippen LogP contribution in [0.2, 0.25) is 5.28 Å². The lowest BCUT2D eigenvalue weighted by molar-refractivity contribution is 0.483. The molecule has 9 nitrogen and oxygen atoms in total. The van der Waals surface area contributed by atoms with Crippen molar-refractivity contribution in [2.24, 2.45) is 0 Å². The normalized spacial score (nSPS) is 11.2. The monoisotopic (exact) mass is 448 g/mol. The van der Waals surface area contributed by atoms with Crippen molar-refractivity contribution in [3.8, 4) is 0 Å². The van der Waals surface area contributed by atoms with Gasteiger partial charge in [0.1, 0.15) is 0 Å². The van der Waals surface area contributed by atoms with Crippen molar-refractivity contribution in [3.05, 3.63) is 53.8 Å². The Bertz CT molecular complexity index is 1140. The number of hydrogen-bond acceptors (Lipinski definition) is 8. The van der Waals surface area contributed by atoms with E-state index < -0.39 is 10.1 Å². The van der Waals surface area contributed by atoms with Crippen molar-refractivity contribution in [1.82, 2.24) is 15.0 Å². The molecule has 0 aliphatic rings. The molecule has 0 saturated carbocycles. The molecule has 11 heteroatoms. The highest BCUT2D eigenvalue weighted by atomic mass is 35.5. The van der Waals surface area contributed by atoms with Crippen LogP contribution in [0.1, 0.15) is 13.8 Å². The Morgan fingerprint density at radius 3 is 2.07 bits per heavy atom. The SMILES string of the molecule is CCN(CC)c1cccc(Nc2nc(Cl)nc(Nc3cccc(S(=O)(=O)O)c3)n2)c1. The minimum Gasteiger partial charge on any atom is -0.372 e. The number of halogens is 1. The van der Waals surface area contributed by atoms with E-state index in [-0.39, 0.29) is 22.1 Å². The molecule has 0 saturated heterocycles. The molecule has 3 N–H and O–H groups in total. The highest BCUT2D eigenvalue weighted by Crippen LogP contribution is 2.23. The summed E-state index contributed by atoms with van der Waals surface area (Å²) >= 11 is 6.03. The van der Waals surface area contributed by atoms with Gasteiger partial charge in [0.15, 0.2) is 0 Å². The molecule has 1 aromatic heterocycles. The third kappa shape index (κ3) is 5.56. The van der Waals surface area contributed by atoms with Crippen LogP contribution in [0, 0.1) is 0 Å². The number of hydrogen-bond donors (Lipinski definition) is 3. The Morgan fingerprint density at radius 1 is 0.933 bits per heavy atom. The average Bonchev–Trinajstić information content (AvgIpc) is 2.68. The van der Waals surface area contributed by atoms with Crippen LogP contribution < -0.4 is 15.5 Å². The number of nitrogens with zero attached hydrogens (tertiary/aromatic N) is 4. The van der Waals surface area contributed by atoms with Gasteiger partial charge in [-0.3, -0.25) is 4.55 Å². The first-order valence-corrected chi connectivity index (χ1v) is 11.0.